The molecule has 0 fully saturated rings. The third-order valence-corrected chi connectivity index (χ3v) is 4.26. The van der Waals surface area contributed by atoms with Gasteiger partial charge in [0.1, 0.15) is 6.04 Å². The Morgan fingerprint density at radius 2 is 2.08 bits per heavy atom. The van der Waals surface area contributed by atoms with Gasteiger partial charge in [-0.1, -0.05) is 41.7 Å². The number of hydrogen-bond acceptors (Lipinski definition) is 6. The maximum atomic E-state index is 12.2. The van der Waals surface area contributed by atoms with E-state index in [1.807, 2.05) is 30.3 Å². The molecule has 2 aromatic heterocycles. The van der Waals surface area contributed by atoms with Gasteiger partial charge in [-0.05, 0) is 19.4 Å². The molecule has 3 aromatic rings. The second-order valence-corrected chi connectivity index (χ2v) is 6.36. The molecule has 0 bridgehead atoms. The van der Waals surface area contributed by atoms with Gasteiger partial charge in [0.15, 0.2) is 0 Å². The van der Waals surface area contributed by atoms with Crippen molar-refractivity contribution in [1.29, 1.82) is 0 Å². The van der Waals surface area contributed by atoms with Crippen molar-refractivity contribution in [3.05, 3.63) is 58.0 Å². The number of aromatic nitrogens is 3. The van der Waals surface area contributed by atoms with Crippen LogP contribution < -0.4 is 16.2 Å². The molecular formula is C16H17N5O2S. The first kappa shape index (κ1) is 16.1. The molecule has 124 valence electrons. The fraction of sp³-hybridized carbons (Fsp3) is 0.250. The number of aryl methyl sites for hydroxylation is 1. The average Bonchev–Trinajstić information content (AvgIpc) is 2.96. The van der Waals surface area contributed by atoms with E-state index in [4.69, 9.17) is 0 Å². The quantitative estimate of drug-likeness (QED) is 0.734. The van der Waals surface area contributed by atoms with Crippen molar-refractivity contribution in [2.24, 2.45) is 0 Å². The Morgan fingerprint density at radius 3 is 2.83 bits per heavy atom. The molecule has 0 radical (unpaired) electrons. The van der Waals surface area contributed by atoms with Crippen LogP contribution in [-0.4, -0.2) is 26.5 Å². The van der Waals surface area contributed by atoms with Crippen LogP contribution >= 0.6 is 11.3 Å². The van der Waals surface area contributed by atoms with E-state index in [0.717, 1.165) is 5.56 Å². The van der Waals surface area contributed by atoms with E-state index in [-0.39, 0.29) is 11.5 Å². The minimum atomic E-state index is -0.480. The summed E-state index contributed by atoms with van der Waals surface area (Å²) in [5.41, 5.74) is 1.44. The largest absolute Gasteiger partial charge is 0.350 e. The standard InChI is InChI=1S/C16H17N5O2S/c1-10-8-13(22)21-16(18-10)24-15(20-21)19-11(2)14(23)17-9-12-6-4-3-5-7-12/h3-8,11H,9H2,1-2H3,(H,17,23)(H,19,20). The summed E-state index contributed by atoms with van der Waals surface area (Å²) in [5, 5.41) is 10.5. The molecule has 1 atom stereocenters. The number of amides is 1. The lowest BCUT2D eigenvalue weighted by Crippen LogP contribution is -2.37. The molecule has 0 aliphatic heterocycles. The van der Waals surface area contributed by atoms with E-state index in [1.54, 1.807) is 13.8 Å². The fourth-order valence-corrected chi connectivity index (χ4v) is 3.11. The number of carbonyl (C=O) groups is 1. The van der Waals surface area contributed by atoms with Gasteiger partial charge in [0.05, 0.1) is 0 Å². The van der Waals surface area contributed by atoms with Gasteiger partial charge < -0.3 is 10.6 Å². The van der Waals surface area contributed by atoms with Gasteiger partial charge in [-0.25, -0.2) is 4.98 Å². The number of hydrogen-bond donors (Lipinski definition) is 2. The Kier molecular flexibility index (Phi) is 4.57. The number of nitrogens with one attached hydrogen (secondary N) is 2. The summed E-state index contributed by atoms with van der Waals surface area (Å²) >= 11 is 1.24. The van der Waals surface area contributed by atoms with E-state index < -0.39 is 6.04 Å². The predicted octanol–water partition coefficient (Wildman–Crippen LogP) is 1.58. The minimum Gasteiger partial charge on any atom is -0.350 e. The molecular weight excluding hydrogens is 326 g/mol. The summed E-state index contributed by atoms with van der Waals surface area (Å²) in [5.74, 6) is -0.144. The second-order valence-electron chi connectivity index (χ2n) is 5.41. The maximum Gasteiger partial charge on any atom is 0.275 e. The van der Waals surface area contributed by atoms with E-state index in [2.05, 4.69) is 20.7 Å². The number of carbonyl (C=O) groups excluding carboxylic acids is 1. The molecule has 0 spiro atoms. The topological polar surface area (TPSA) is 88.4 Å². The molecule has 2 heterocycles. The number of benzene rings is 1. The van der Waals surface area contributed by atoms with Crippen LogP contribution in [-0.2, 0) is 11.3 Å². The first-order chi connectivity index (χ1) is 11.5. The van der Waals surface area contributed by atoms with Crippen LogP contribution in [0.25, 0.3) is 4.96 Å². The lowest BCUT2D eigenvalue weighted by Gasteiger charge is -2.12. The lowest BCUT2D eigenvalue weighted by atomic mass is 10.2. The first-order valence-corrected chi connectivity index (χ1v) is 8.30. The maximum absolute atomic E-state index is 12.2. The molecule has 0 aliphatic rings. The molecule has 1 amide bonds. The summed E-state index contributed by atoms with van der Waals surface area (Å²) in [6.45, 7) is 3.97. The summed E-state index contributed by atoms with van der Waals surface area (Å²) < 4.78 is 1.23. The highest BCUT2D eigenvalue weighted by atomic mass is 32.1. The van der Waals surface area contributed by atoms with Crippen molar-refractivity contribution in [2.45, 2.75) is 26.4 Å². The van der Waals surface area contributed by atoms with Gasteiger partial charge in [0, 0.05) is 18.3 Å². The SMILES string of the molecule is Cc1cc(=O)n2nc(NC(C)C(=O)NCc3ccccc3)sc2n1. The molecule has 2 N–H and O–H groups in total. The Morgan fingerprint density at radius 1 is 1.33 bits per heavy atom. The van der Waals surface area contributed by atoms with Crippen LogP contribution in [0.2, 0.25) is 0 Å². The van der Waals surface area contributed by atoms with Gasteiger partial charge in [-0.15, -0.1) is 5.10 Å². The zero-order chi connectivity index (χ0) is 17.1. The molecule has 0 aliphatic carbocycles. The second kappa shape index (κ2) is 6.79. The summed E-state index contributed by atoms with van der Waals surface area (Å²) in [4.78, 5) is 28.8. The van der Waals surface area contributed by atoms with Crippen molar-refractivity contribution < 1.29 is 4.79 Å². The average molecular weight is 343 g/mol. The van der Waals surface area contributed by atoms with Crippen LogP contribution in [0.3, 0.4) is 0 Å². The van der Waals surface area contributed by atoms with Crippen LogP contribution in [0.4, 0.5) is 5.13 Å². The Labute approximate surface area is 142 Å². The number of nitrogens with zero attached hydrogens (tertiary/aromatic N) is 3. The fourth-order valence-electron chi connectivity index (χ4n) is 2.17. The van der Waals surface area contributed by atoms with Crippen molar-refractivity contribution >= 4 is 27.3 Å². The van der Waals surface area contributed by atoms with E-state index in [1.165, 1.54) is 21.9 Å². The number of rotatable bonds is 5. The van der Waals surface area contributed by atoms with Crippen molar-refractivity contribution in [2.75, 3.05) is 5.32 Å². The zero-order valence-corrected chi connectivity index (χ0v) is 14.1. The summed E-state index contributed by atoms with van der Waals surface area (Å²) in [6, 6.07) is 10.6. The molecule has 7 nitrogen and oxygen atoms in total. The van der Waals surface area contributed by atoms with Crippen molar-refractivity contribution in [3.63, 3.8) is 0 Å². The highest BCUT2D eigenvalue weighted by Gasteiger charge is 2.15. The van der Waals surface area contributed by atoms with Gasteiger partial charge >= 0.3 is 0 Å². The first-order valence-electron chi connectivity index (χ1n) is 7.48. The molecule has 1 aromatic carbocycles. The third-order valence-electron chi connectivity index (χ3n) is 3.42. The van der Waals surface area contributed by atoms with Crippen LogP contribution in [0.1, 0.15) is 18.2 Å². The van der Waals surface area contributed by atoms with Gasteiger partial charge in [0.2, 0.25) is 16.0 Å². The Bertz CT molecular complexity index is 919. The normalized spacial score (nSPS) is 12.1. The van der Waals surface area contributed by atoms with Gasteiger partial charge in [-0.3, -0.25) is 9.59 Å². The third kappa shape index (κ3) is 3.60. The van der Waals surface area contributed by atoms with Crippen molar-refractivity contribution in [1.82, 2.24) is 19.9 Å². The minimum absolute atomic E-state index is 0.144. The smallest absolute Gasteiger partial charge is 0.275 e. The van der Waals surface area contributed by atoms with Gasteiger partial charge in [-0.2, -0.15) is 4.52 Å². The van der Waals surface area contributed by atoms with Crippen LogP contribution in [0.15, 0.2) is 41.2 Å². The van der Waals surface area contributed by atoms with E-state index in [9.17, 15) is 9.59 Å². The van der Waals surface area contributed by atoms with E-state index in [0.29, 0.717) is 22.3 Å². The molecule has 8 heteroatoms. The van der Waals surface area contributed by atoms with Gasteiger partial charge in [0.25, 0.3) is 5.56 Å². The summed E-state index contributed by atoms with van der Waals surface area (Å²) in [6.07, 6.45) is 0. The zero-order valence-electron chi connectivity index (χ0n) is 13.3. The number of fused-ring (bicyclic) bond motifs is 1. The molecule has 24 heavy (non-hydrogen) atoms. The number of anilines is 1. The van der Waals surface area contributed by atoms with E-state index >= 15 is 0 Å². The summed E-state index contributed by atoms with van der Waals surface area (Å²) in [7, 11) is 0. The monoisotopic (exact) mass is 343 g/mol. The molecule has 1 unspecified atom stereocenters. The highest BCUT2D eigenvalue weighted by Crippen LogP contribution is 2.17. The molecule has 3 rings (SSSR count). The lowest BCUT2D eigenvalue weighted by molar-refractivity contribution is -0.121. The van der Waals surface area contributed by atoms with Crippen molar-refractivity contribution in [3.8, 4) is 0 Å². The Balaban J connectivity index is 1.65. The highest BCUT2D eigenvalue weighted by molar-refractivity contribution is 7.20. The van der Waals surface area contributed by atoms with Crippen LogP contribution in [0.5, 0.6) is 0 Å². The van der Waals surface area contributed by atoms with Crippen LogP contribution in [0, 0.1) is 6.92 Å². The Hall–Kier alpha value is -2.74. The predicted molar refractivity (Wildman–Crippen MR) is 93.2 cm³/mol. The molecule has 0 saturated carbocycles. The molecule has 0 saturated heterocycles.